The molecule has 0 aliphatic heterocycles. The van der Waals surface area contributed by atoms with Gasteiger partial charge in [-0.3, -0.25) is 4.79 Å². The van der Waals surface area contributed by atoms with E-state index >= 15 is 0 Å². The van der Waals surface area contributed by atoms with E-state index in [1.54, 1.807) is 25.1 Å². The Labute approximate surface area is 134 Å². The first-order chi connectivity index (χ1) is 11.0. The Bertz CT molecular complexity index is 688. The second-order valence-electron chi connectivity index (χ2n) is 5.46. The van der Waals surface area contributed by atoms with Crippen LogP contribution in [0.3, 0.4) is 0 Å². The maximum atomic E-state index is 13.4. The molecule has 2 aromatic carbocycles. The first-order valence-electron chi connectivity index (χ1n) is 7.37. The second kappa shape index (κ2) is 7.74. The first-order valence-corrected chi connectivity index (χ1v) is 7.37. The van der Waals surface area contributed by atoms with Crippen LogP contribution in [-0.4, -0.2) is 30.3 Å². The number of aryl methyl sites for hydroxylation is 2. The van der Waals surface area contributed by atoms with Gasteiger partial charge in [0.2, 0.25) is 0 Å². The maximum Gasteiger partial charge on any atom is 0.251 e. The molecular formula is C18H20FNO3. The molecule has 0 saturated carbocycles. The lowest BCUT2D eigenvalue weighted by atomic mass is 10.1. The molecule has 2 N–H and O–H groups in total. The minimum Gasteiger partial charge on any atom is -0.491 e. The summed E-state index contributed by atoms with van der Waals surface area (Å²) < 4.78 is 18.9. The van der Waals surface area contributed by atoms with Gasteiger partial charge in [0.25, 0.3) is 5.91 Å². The summed E-state index contributed by atoms with van der Waals surface area (Å²) in [5.41, 5.74) is 1.76. The highest BCUT2D eigenvalue weighted by molar-refractivity contribution is 5.94. The van der Waals surface area contributed by atoms with Gasteiger partial charge in [0.1, 0.15) is 24.3 Å². The minimum atomic E-state index is -0.852. The number of amides is 1. The van der Waals surface area contributed by atoms with E-state index in [-0.39, 0.29) is 18.7 Å². The normalized spacial score (nSPS) is 11.8. The van der Waals surface area contributed by atoms with Crippen molar-refractivity contribution in [2.45, 2.75) is 20.0 Å². The molecule has 1 atom stereocenters. The molecule has 0 bridgehead atoms. The van der Waals surface area contributed by atoms with Gasteiger partial charge in [0.15, 0.2) is 0 Å². The predicted octanol–water partition coefficient (Wildman–Crippen LogP) is 2.61. The molecule has 0 saturated heterocycles. The van der Waals surface area contributed by atoms with Crippen molar-refractivity contribution in [2.75, 3.05) is 13.2 Å². The minimum absolute atomic E-state index is 0.0279. The number of ether oxygens (including phenoxy) is 1. The zero-order valence-corrected chi connectivity index (χ0v) is 13.2. The van der Waals surface area contributed by atoms with Crippen LogP contribution in [0.15, 0.2) is 42.5 Å². The van der Waals surface area contributed by atoms with Crippen molar-refractivity contribution in [3.63, 3.8) is 0 Å². The Balaban J connectivity index is 1.80. The topological polar surface area (TPSA) is 58.6 Å². The Morgan fingerprint density at radius 2 is 2.04 bits per heavy atom. The number of rotatable bonds is 6. The van der Waals surface area contributed by atoms with Crippen LogP contribution in [0.2, 0.25) is 0 Å². The molecule has 0 radical (unpaired) electrons. The van der Waals surface area contributed by atoms with Crippen molar-refractivity contribution in [1.82, 2.24) is 5.32 Å². The molecule has 1 unspecified atom stereocenters. The highest BCUT2D eigenvalue weighted by atomic mass is 19.1. The average Bonchev–Trinajstić information content (AvgIpc) is 2.53. The van der Waals surface area contributed by atoms with Gasteiger partial charge in [-0.15, -0.1) is 0 Å². The third-order valence-electron chi connectivity index (χ3n) is 3.36. The summed E-state index contributed by atoms with van der Waals surface area (Å²) >= 11 is 0. The van der Waals surface area contributed by atoms with E-state index in [0.717, 1.165) is 5.56 Å². The van der Waals surface area contributed by atoms with Crippen LogP contribution in [-0.2, 0) is 0 Å². The number of aliphatic hydroxyl groups is 1. The monoisotopic (exact) mass is 317 g/mol. The van der Waals surface area contributed by atoms with Crippen molar-refractivity contribution < 1.29 is 19.0 Å². The zero-order chi connectivity index (χ0) is 16.8. The molecule has 0 aliphatic rings. The van der Waals surface area contributed by atoms with E-state index in [2.05, 4.69) is 5.32 Å². The molecule has 2 aromatic rings. The summed E-state index contributed by atoms with van der Waals surface area (Å²) in [6.07, 6.45) is -0.852. The lowest BCUT2D eigenvalue weighted by Crippen LogP contribution is -2.35. The van der Waals surface area contributed by atoms with Crippen molar-refractivity contribution in [2.24, 2.45) is 0 Å². The van der Waals surface area contributed by atoms with Gasteiger partial charge < -0.3 is 15.2 Å². The van der Waals surface area contributed by atoms with Crippen LogP contribution in [0.5, 0.6) is 5.75 Å². The number of nitrogens with one attached hydrogen (secondary N) is 1. The quantitative estimate of drug-likeness (QED) is 0.861. The van der Waals surface area contributed by atoms with Gasteiger partial charge in [-0.2, -0.15) is 0 Å². The fraction of sp³-hybridized carbons (Fsp3) is 0.278. The molecule has 0 fully saturated rings. The van der Waals surface area contributed by atoms with E-state index in [4.69, 9.17) is 4.74 Å². The van der Waals surface area contributed by atoms with E-state index in [1.807, 2.05) is 25.1 Å². The van der Waals surface area contributed by atoms with Gasteiger partial charge in [-0.1, -0.05) is 18.2 Å². The molecule has 0 spiro atoms. The van der Waals surface area contributed by atoms with Crippen LogP contribution in [0.25, 0.3) is 0 Å². The van der Waals surface area contributed by atoms with E-state index in [9.17, 15) is 14.3 Å². The van der Waals surface area contributed by atoms with Crippen LogP contribution < -0.4 is 10.1 Å². The third kappa shape index (κ3) is 5.07. The van der Waals surface area contributed by atoms with Crippen molar-refractivity contribution >= 4 is 5.91 Å². The van der Waals surface area contributed by atoms with Crippen LogP contribution in [0.4, 0.5) is 4.39 Å². The van der Waals surface area contributed by atoms with Crippen molar-refractivity contribution in [3.8, 4) is 5.75 Å². The number of halogens is 1. The van der Waals surface area contributed by atoms with E-state index in [0.29, 0.717) is 11.3 Å². The smallest absolute Gasteiger partial charge is 0.251 e. The summed E-state index contributed by atoms with van der Waals surface area (Å²) in [6.45, 7) is 3.67. The van der Waals surface area contributed by atoms with Crippen LogP contribution in [0, 0.1) is 19.7 Å². The molecule has 0 aliphatic carbocycles. The molecule has 122 valence electrons. The zero-order valence-electron chi connectivity index (χ0n) is 13.2. The standard InChI is InChI=1S/C18H20FNO3/c1-12-4-3-5-16(8-12)23-11-15(21)10-20-18(22)14-7-6-13(2)17(19)9-14/h3-9,15,21H,10-11H2,1-2H3,(H,20,22). The lowest BCUT2D eigenvalue weighted by molar-refractivity contribution is 0.0843. The molecule has 5 heteroatoms. The fourth-order valence-electron chi connectivity index (χ4n) is 2.00. The summed E-state index contributed by atoms with van der Waals surface area (Å²) in [7, 11) is 0. The van der Waals surface area contributed by atoms with E-state index in [1.165, 1.54) is 6.07 Å². The number of carbonyl (C=O) groups is 1. The summed E-state index contributed by atoms with van der Waals surface area (Å²) in [5, 5.41) is 12.4. The van der Waals surface area contributed by atoms with Crippen molar-refractivity contribution in [1.29, 1.82) is 0 Å². The van der Waals surface area contributed by atoms with Crippen LogP contribution in [0.1, 0.15) is 21.5 Å². The number of aliphatic hydroxyl groups excluding tert-OH is 1. The van der Waals surface area contributed by atoms with Gasteiger partial charge in [0, 0.05) is 12.1 Å². The SMILES string of the molecule is Cc1cccc(OCC(O)CNC(=O)c2ccc(C)c(F)c2)c1. The summed E-state index contributed by atoms with van der Waals surface area (Å²) in [4.78, 5) is 11.9. The molecule has 1 amide bonds. The molecule has 23 heavy (non-hydrogen) atoms. The fourth-order valence-corrected chi connectivity index (χ4v) is 2.00. The molecular weight excluding hydrogens is 297 g/mol. The third-order valence-corrected chi connectivity index (χ3v) is 3.36. The molecule has 0 heterocycles. The largest absolute Gasteiger partial charge is 0.491 e. The Hall–Kier alpha value is -2.40. The van der Waals surface area contributed by atoms with Gasteiger partial charge in [-0.05, 0) is 49.2 Å². The lowest BCUT2D eigenvalue weighted by Gasteiger charge is -2.14. The summed E-state index contributed by atoms with van der Waals surface area (Å²) in [5.74, 6) is -0.199. The van der Waals surface area contributed by atoms with Gasteiger partial charge in [-0.25, -0.2) is 4.39 Å². The maximum absolute atomic E-state index is 13.4. The molecule has 4 nitrogen and oxygen atoms in total. The number of hydrogen-bond acceptors (Lipinski definition) is 3. The average molecular weight is 317 g/mol. The second-order valence-corrected chi connectivity index (χ2v) is 5.46. The molecule has 2 rings (SSSR count). The highest BCUT2D eigenvalue weighted by Crippen LogP contribution is 2.12. The first kappa shape index (κ1) is 17.0. The highest BCUT2D eigenvalue weighted by Gasteiger charge is 2.11. The van der Waals surface area contributed by atoms with Crippen molar-refractivity contribution in [3.05, 3.63) is 65.0 Å². The predicted molar refractivity (Wildman–Crippen MR) is 86.2 cm³/mol. The van der Waals surface area contributed by atoms with Gasteiger partial charge in [0.05, 0.1) is 0 Å². The number of benzene rings is 2. The Kier molecular flexibility index (Phi) is 5.71. The van der Waals surface area contributed by atoms with Gasteiger partial charge >= 0.3 is 0 Å². The summed E-state index contributed by atoms with van der Waals surface area (Å²) in [6, 6.07) is 11.7. The molecule has 0 aromatic heterocycles. The Morgan fingerprint density at radius 3 is 2.74 bits per heavy atom. The number of carbonyl (C=O) groups excluding carboxylic acids is 1. The Morgan fingerprint density at radius 1 is 1.26 bits per heavy atom. The van der Waals surface area contributed by atoms with E-state index < -0.39 is 17.8 Å². The number of hydrogen-bond donors (Lipinski definition) is 2. The van der Waals surface area contributed by atoms with Crippen LogP contribution >= 0.6 is 0 Å².